The van der Waals surface area contributed by atoms with E-state index in [1.54, 1.807) is 60.2 Å². The van der Waals surface area contributed by atoms with Crippen LogP contribution < -0.4 is 15.6 Å². The number of aromatic nitrogens is 2. The van der Waals surface area contributed by atoms with Gasteiger partial charge in [0.2, 0.25) is 0 Å². The summed E-state index contributed by atoms with van der Waals surface area (Å²) in [6.45, 7) is 3.71. The minimum atomic E-state index is -0.439. The van der Waals surface area contributed by atoms with Gasteiger partial charge in [0.1, 0.15) is 11.5 Å². The lowest BCUT2D eigenvalue weighted by atomic mass is 10.0. The lowest BCUT2D eigenvalue weighted by molar-refractivity contribution is -0.0169. The number of carbonyl (C=O) groups is 2. The molecule has 1 fully saturated rings. The summed E-state index contributed by atoms with van der Waals surface area (Å²) < 4.78 is 29.2. The third-order valence-electron chi connectivity index (χ3n) is 7.25. The van der Waals surface area contributed by atoms with Gasteiger partial charge in [0, 0.05) is 35.6 Å². The average molecular weight is 606 g/mol. The highest BCUT2D eigenvalue weighted by Gasteiger charge is 2.22. The van der Waals surface area contributed by atoms with Gasteiger partial charge in [-0.2, -0.15) is 0 Å². The van der Waals surface area contributed by atoms with Crippen molar-refractivity contribution >= 4 is 34.5 Å². The van der Waals surface area contributed by atoms with Gasteiger partial charge in [-0.3, -0.25) is 14.2 Å². The number of nitrogens with one attached hydrogen (secondary N) is 1. The summed E-state index contributed by atoms with van der Waals surface area (Å²) in [5.74, 6) is 0.879. The van der Waals surface area contributed by atoms with E-state index in [0.29, 0.717) is 64.2 Å². The van der Waals surface area contributed by atoms with E-state index >= 15 is 0 Å². The second-order valence-electron chi connectivity index (χ2n) is 10.2. The van der Waals surface area contributed by atoms with E-state index < -0.39 is 5.97 Å². The lowest BCUT2D eigenvalue weighted by Gasteiger charge is -2.22. The molecular weight excluding hydrogens is 574 g/mol. The number of carbonyl (C=O) groups excluding carboxylic acids is 2. The fourth-order valence-corrected chi connectivity index (χ4v) is 6.11. The predicted molar refractivity (Wildman–Crippen MR) is 157 cm³/mol. The Morgan fingerprint density at radius 2 is 2.09 bits per heavy atom. The van der Waals surface area contributed by atoms with Crippen LogP contribution in [0, 0.1) is 0 Å². The van der Waals surface area contributed by atoms with Gasteiger partial charge in [-0.15, -0.1) is 0 Å². The Bertz CT molecular complexity index is 1700. The van der Waals surface area contributed by atoms with E-state index in [-0.39, 0.29) is 37.5 Å². The molecule has 12 heteroatoms. The van der Waals surface area contributed by atoms with Crippen LogP contribution in [0.2, 0.25) is 0 Å². The van der Waals surface area contributed by atoms with Crippen LogP contribution in [0.4, 0.5) is 0 Å². The Morgan fingerprint density at radius 3 is 2.88 bits per heavy atom. The van der Waals surface area contributed by atoms with Crippen molar-refractivity contribution in [3.8, 4) is 5.75 Å². The quantitative estimate of drug-likeness (QED) is 0.159. The highest BCUT2D eigenvalue weighted by molar-refractivity contribution is 7.98. The van der Waals surface area contributed by atoms with Gasteiger partial charge in [0.15, 0.2) is 11.9 Å². The molecule has 6 rings (SSSR count). The summed E-state index contributed by atoms with van der Waals surface area (Å²) in [6, 6.07) is 11.9. The first-order valence-corrected chi connectivity index (χ1v) is 15.1. The van der Waals surface area contributed by atoms with Crippen LogP contribution in [-0.2, 0) is 33.1 Å². The molecule has 11 nitrogen and oxygen atoms in total. The van der Waals surface area contributed by atoms with Crippen molar-refractivity contribution in [1.82, 2.24) is 14.9 Å². The molecule has 4 aromatic rings. The molecule has 224 valence electrons. The van der Waals surface area contributed by atoms with E-state index in [1.165, 1.54) is 11.8 Å². The molecule has 0 spiro atoms. The fraction of sp³-hybridized carbons (Fsp3) is 0.355. The summed E-state index contributed by atoms with van der Waals surface area (Å²) in [6.07, 6.45) is 3.47. The van der Waals surface area contributed by atoms with Crippen LogP contribution in [-0.4, -0.2) is 54.1 Å². The maximum absolute atomic E-state index is 13.8. The molecule has 0 bridgehead atoms. The van der Waals surface area contributed by atoms with Gasteiger partial charge in [0.05, 0.1) is 48.6 Å². The van der Waals surface area contributed by atoms with E-state index in [1.807, 2.05) is 0 Å². The Morgan fingerprint density at radius 1 is 1.19 bits per heavy atom. The molecule has 0 saturated carbocycles. The number of nitrogens with zero attached hydrogens (tertiary/aromatic N) is 2. The number of rotatable bonds is 10. The van der Waals surface area contributed by atoms with Crippen LogP contribution in [0.5, 0.6) is 5.75 Å². The maximum Gasteiger partial charge on any atom is 0.338 e. The van der Waals surface area contributed by atoms with E-state index in [0.717, 1.165) is 24.0 Å². The Balaban J connectivity index is 1.33. The molecule has 4 heterocycles. The van der Waals surface area contributed by atoms with Crippen LogP contribution >= 0.6 is 11.8 Å². The smallest absolute Gasteiger partial charge is 0.338 e. The van der Waals surface area contributed by atoms with Crippen molar-refractivity contribution < 1.29 is 33.0 Å². The number of ether oxygens (including phenoxy) is 4. The first kappa shape index (κ1) is 29.0. The number of hydrogen-bond acceptors (Lipinski definition) is 10. The number of amides is 1. The van der Waals surface area contributed by atoms with Crippen molar-refractivity contribution in [2.75, 3.05) is 26.6 Å². The second kappa shape index (κ2) is 13.0. The Labute approximate surface area is 251 Å². The number of furan rings is 1. The van der Waals surface area contributed by atoms with Gasteiger partial charge in [-0.25, -0.2) is 9.78 Å². The SMILES string of the molecule is CCOC(=O)c1cc2c(c(CSc3nc4cc(C(=O)NC[C@@H]5CCCO5)ccc4c(=O)n3Cc3ccco3)c1)OCOC2. The molecule has 2 aliphatic rings. The summed E-state index contributed by atoms with van der Waals surface area (Å²) in [4.78, 5) is 44.1. The van der Waals surface area contributed by atoms with Gasteiger partial charge >= 0.3 is 5.97 Å². The van der Waals surface area contributed by atoms with E-state index in [4.69, 9.17) is 28.3 Å². The minimum absolute atomic E-state index is 0.0166. The molecule has 0 unspecified atom stereocenters. The monoisotopic (exact) mass is 605 g/mol. The molecule has 0 aliphatic carbocycles. The molecular formula is C31H31N3O8S. The largest absolute Gasteiger partial charge is 0.467 e. The van der Waals surface area contributed by atoms with Crippen molar-refractivity contribution in [1.29, 1.82) is 0 Å². The van der Waals surface area contributed by atoms with Crippen LogP contribution in [0.3, 0.4) is 0 Å². The molecule has 1 amide bonds. The third-order valence-corrected chi connectivity index (χ3v) is 8.27. The summed E-state index contributed by atoms with van der Waals surface area (Å²) in [7, 11) is 0. The van der Waals surface area contributed by atoms with E-state index in [2.05, 4.69) is 5.32 Å². The Hall–Kier alpha value is -4.13. The zero-order valence-electron chi connectivity index (χ0n) is 23.6. The zero-order chi connectivity index (χ0) is 29.8. The number of esters is 1. The third kappa shape index (κ3) is 6.46. The first-order valence-electron chi connectivity index (χ1n) is 14.1. The molecule has 1 N–H and O–H groups in total. The van der Waals surface area contributed by atoms with Crippen molar-refractivity contribution in [2.45, 2.75) is 49.9 Å². The van der Waals surface area contributed by atoms with Gasteiger partial charge in [0.25, 0.3) is 11.5 Å². The molecule has 2 aromatic carbocycles. The van der Waals surface area contributed by atoms with Gasteiger partial charge < -0.3 is 28.7 Å². The number of fused-ring (bicyclic) bond motifs is 2. The number of thioether (sulfide) groups is 1. The van der Waals surface area contributed by atoms with Crippen LogP contribution in [0.15, 0.2) is 63.1 Å². The maximum atomic E-state index is 13.8. The summed E-state index contributed by atoms with van der Waals surface area (Å²) in [5, 5.41) is 3.73. The van der Waals surface area contributed by atoms with Gasteiger partial charge in [-0.05, 0) is 62.2 Å². The van der Waals surface area contributed by atoms with Crippen molar-refractivity contribution in [3.05, 3.63) is 87.1 Å². The molecule has 1 saturated heterocycles. The average Bonchev–Trinajstić information content (AvgIpc) is 3.75. The molecule has 2 aromatic heterocycles. The predicted octanol–water partition coefficient (Wildman–Crippen LogP) is 4.28. The molecule has 2 aliphatic heterocycles. The first-order chi connectivity index (χ1) is 21.0. The molecule has 43 heavy (non-hydrogen) atoms. The van der Waals surface area contributed by atoms with Crippen LogP contribution in [0.1, 0.15) is 57.4 Å². The topological polar surface area (TPSA) is 131 Å². The van der Waals surface area contributed by atoms with Crippen molar-refractivity contribution in [3.63, 3.8) is 0 Å². The fourth-order valence-electron chi connectivity index (χ4n) is 5.14. The summed E-state index contributed by atoms with van der Waals surface area (Å²) in [5.41, 5.74) is 2.42. The lowest BCUT2D eigenvalue weighted by Crippen LogP contribution is -2.31. The van der Waals surface area contributed by atoms with E-state index in [9.17, 15) is 14.4 Å². The second-order valence-corrected chi connectivity index (χ2v) is 11.1. The Kier molecular flexibility index (Phi) is 8.77. The van der Waals surface area contributed by atoms with Crippen molar-refractivity contribution in [2.24, 2.45) is 0 Å². The minimum Gasteiger partial charge on any atom is -0.467 e. The molecule has 0 radical (unpaired) electrons. The number of benzene rings is 2. The molecule has 1 atom stereocenters. The van der Waals surface area contributed by atoms with Crippen LogP contribution in [0.25, 0.3) is 10.9 Å². The normalized spacial score (nSPS) is 16.1. The summed E-state index contributed by atoms with van der Waals surface area (Å²) >= 11 is 1.32. The standard InChI is InChI=1S/C31H31N3O8S/c1-2-39-30(37)20-11-21-16-38-18-42-27(21)22(12-20)17-43-31-33-26-13-19(28(35)32-14-23-5-3-9-40-23)7-8-25(26)29(36)34(31)15-24-6-4-10-41-24/h4,6-8,10-13,23H,2-3,5,9,14-18H2,1H3,(H,32,35)/t23-/m0/s1. The van der Waals surface area contributed by atoms with Gasteiger partial charge in [-0.1, -0.05) is 11.8 Å². The zero-order valence-corrected chi connectivity index (χ0v) is 24.4. The highest BCUT2D eigenvalue weighted by atomic mass is 32.2. The number of hydrogen-bond donors (Lipinski definition) is 1. The highest BCUT2D eigenvalue weighted by Crippen LogP contribution is 2.34.